The van der Waals surface area contributed by atoms with Crippen LogP contribution in [0.4, 0.5) is 17.1 Å². The lowest BCUT2D eigenvalue weighted by Gasteiger charge is -2.30. The summed E-state index contributed by atoms with van der Waals surface area (Å²) in [7, 11) is 0. The van der Waals surface area contributed by atoms with Gasteiger partial charge in [-0.3, -0.25) is 0 Å². The Labute approximate surface area is 373 Å². The zero-order valence-corrected chi connectivity index (χ0v) is 35.1. The van der Waals surface area contributed by atoms with Crippen molar-refractivity contribution in [2.75, 3.05) is 4.90 Å². The molecular formula is C62H42N2. The standard InChI is InChI=1S/C62H42N2/c1-3-20-43(21-4-1)48-25-9-10-27-51(48)53-29-11-12-30-54(53)55-31-15-17-36-59(55)63(61-42-45-22-7-8-26-49(45)52-28-13-14-32-56(52)61)47-40-38-44(39-41-47)50-34-19-35-58-57-33-16-18-37-60(57)64(62(50)58)46-23-5-2-6-24-46/h1-42H. The normalized spacial score (nSPS) is 11.4. The number of aromatic nitrogens is 1. The number of nitrogens with zero attached hydrogens (tertiary/aromatic N) is 2. The minimum atomic E-state index is 1.08. The van der Waals surface area contributed by atoms with Crippen LogP contribution in [0.15, 0.2) is 255 Å². The molecule has 0 amide bonds. The van der Waals surface area contributed by atoms with Crippen LogP contribution < -0.4 is 4.90 Å². The average molecular weight is 815 g/mol. The molecule has 12 aromatic rings. The molecule has 2 nitrogen and oxygen atoms in total. The summed E-state index contributed by atoms with van der Waals surface area (Å²) in [5, 5.41) is 7.36. The molecule has 0 aliphatic heterocycles. The molecule has 12 rings (SSSR count). The fraction of sp³-hybridized carbons (Fsp3) is 0. The third kappa shape index (κ3) is 6.27. The second kappa shape index (κ2) is 15.8. The Morgan fingerprint density at radius 2 is 0.781 bits per heavy atom. The predicted octanol–water partition coefficient (Wildman–Crippen LogP) is 17.2. The highest BCUT2D eigenvalue weighted by Gasteiger charge is 2.23. The Morgan fingerprint density at radius 3 is 1.53 bits per heavy atom. The second-order valence-electron chi connectivity index (χ2n) is 16.4. The lowest BCUT2D eigenvalue weighted by molar-refractivity contribution is 1.18. The average Bonchev–Trinajstić information content (AvgIpc) is 3.72. The van der Waals surface area contributed by atoms with Crippen molar-refractivity contribution in [3.05, 3.63) is 255 Å². The van der Waals surface area contributed by atoms with Gasteiger partial charge in [0.25, 0.3) is 0 Å². The molecule has 0 aliphatic carbocycles. The smallest absolute Gasteiger partial charge is 0.0619 e. The van der Waals surface area contributed by atoms with E-state index in [1.54, 1.807) is 0 Å². The molecule has 0 fully saturated rings. The van der Waals surface area contributed by atoms with Gasteiger partial charge in [0.15, 0.2) is 0 Å². The van der Waals surface area contributed by atoms with Crippen LogP contribution in [0.25, 0.3) is 93.5 Å². The summed E-state index contributed by atoms with van der Waals surface area (Å²) >= 11 is 0. The Balaban J connectivity index is 1.08. The van der Waals surface area contributed by atoms with Gasteiger partial charge < -0.3 is 9.47 Å². The lowest BCUT2D eigenvalue weighted by atomic mass is 9.88. The van der Waals surface area contributed by atoms with Gasteiger partial charge in [0, 0.05) is 38.7 Å². The van der Waals surface area contributed by atoms with Crippen LogP contribution in [0.5, 0.6) is 0 Å². The fourth-order valence-corrected chi connectivity index (χ4v) is 9.95. The fourth-order valence-electron chi connectivity index (χ4n) is 9.95. The lowest BCUT2D eigenvalue weighted by Crippen LogP contribution is -2.12. The molecule has 300 valence electrons. The molecule has 0 saturated heterocycles. The third-order valence-corrected chi connectivity index (χ3v) is 12.8. The minimum Gasteiger partial charge on any atom is -0.309 e. The van der Waals surface area contributed by atoms with Crippen LogP contribution >= 0.6 is 0 Å². The molecule has 11 aromatic carbocycles. The molecule has 0 N–H and O–H groups in total. The van der Waals surface area contributed by atoms with E-state index < -0.39 is 0 Å². The van der Waals surface area contributed by atoms with Gasteiger partial charge in [-0.05, 0) is 92.0 Å². The number of fused-ring (bicyclic) bond motifs is 6. The summed E-state index contributed by atoms with van der Waals surface area (Å²) < 4.78 is 2.42. The first kappa shape index (κ1) is 37.3. The van der Waals surface area contributed by atoms with Gasteiger partial charge >= 0.3 is 0 Å². The van der Waals surface area contributed by atoms with Crippen molar-refractivity contribution in [1.29, 1.82) is 0 Å². The highest BCUT2D eigenvalue weighted by atomic mass is 15.1. The first-order valence-corrected chi connectivity index (χ1v) is 22.0. The van der Waals surface area contributed by atoms with E-state index in [1.807, 2.05) is 0 Å². The highest BCUT2D eigenvalue weighted by Crippen LogP contribution is 2.48. The Hall–Kier alpha value is -8.46. The molecule has 0 radical (unpaired) electrons. The number of anilines is 3. The molecule has 0 bridgehead atoms. The summed E-state index contributed by atoms with van der Waals surface area (Å²) in [6, 6.07) is 92.7. The van der Waals surface area contributed by atoms with E-state index in [4.69, 9.17) is 0 Å². The zero-order valence-electron chi connectivity index (χ0n) is 35.1. The van der Waals surface area contributed by atoms with E-state index in [0.717, 1.165) is 33.9 Å². The van der Waals surface area contributed by atoms with Crippen LogP contribution in [-0.2, 0) is 0 Å². The van der Waals surface area contributed by atoms with Crippen LogP contribution in [0.2, 0.25) is 0 Å². The first-order valence-electron chi connectivity index (χ1n) is 22.0. The maximum atomic E-state index is 2.48. The number of hydrogen-bond acceptors (Lipinski definition) is 1. The summed E-state index contributed by atoms with van der Waals surface area (Å²) in [4.78, 5) is 2.48. The van der Waals surface area contributed by atoms with E-state index in [2.05, 4.69) is 264 Å². The van der Waals surface area contributed by atoms with Gasteiger partial charge in [-0.15, -0.1) is 0 Å². The maximum absolute atomic E-state index is 2.48. The van der Waals surface area contributed by atoms with Gasteiger partial charge in [-0.2, -0.15) is 0 Å². The van der Waals surface area contributed by atoms with Crippen LogP contribution in [0, 0.1) is 0 Å². The molecule has 0 saturated carbocycles. The highest BCUT2D eigenvalue weighted by molar-refractivity contribution is 6.16. The molecule has 0 spiro atoms. The Kier molecular flexibility index (Phi) is 9.20. The number of para-hydroxylation sites is 4. The van der Waals surface area contributed by atoms with E-state index >= 15 is 0 Å². The number of rotatable bonds is 8. The molecule has 1 aromatic heterocycles. The molecule has 0 unspecified atom stereocenters. The molecule has 1 heterocycles. The summed E-state index contributed by atoms with van der Waals surface area (Å²) in [6.45, 7) is 0. The van der Waals surface area contributed by atoms with Crippen molar-refractivity contribution < 1.29 is 0 Å². The summed E-state index contributed by atoms with van der Waals surface area (Å²) in [6.07, 6.45) is 0. The van der Waals surface area contributed by atoms with Crippen molar-refractivity contribution in [3.63, 3.8) is 0 Å². The number of benzene rings is 11. The van der Waals surface area contributed by atoms with E-state index in [1.165, 1.54) is 76.7 Å². The third-order valence-electron chi connectivity index (χ3n) is 12.8. The SMILES string of the molecule is c1ccc(-c2ccccc2-c2ccccc2-c2ccccc2N(c2ccc(-c3cccc4c5ccccc5n(-c5ccccc5)c34)cc2)c2cc3ccccc3c3ccccc23)cc1. The van der Waals surface area contributed by atoms with Gasteiger partial charge in [0.05, 0.1) is 22.4 Å². The largest absolute Gasteiger partial charge is 0.309 e. The second-order valence-corrected chi connectivity index (χ2v) is 16.4. The Morgan fingerprint density at radius 1 is 0.281 bits per heavy atom. The molecule has 0 atom stereocenters. The number of hydrogen-bond donors (Lipinski definition) is 0. The van der Waals surface area contributed by atoms with Crippen molar-refractivity contribution >= 4 is 60.4 Å². The van der Waals surface area contributed by atoms with Crippen LogP contribution in [0.3, 0.4) is 0 Å². The maximum Gasteiger partial charge on any atom is 0.0619 e. The molecule has 0 aliphatic rings. The Bertz CT molecular complexity index is 3660. The van der Waals surface area contributed by atoms with Gasteiger partial charge in [-0.25, -0.2) is 0 Å². The monoisotopic (exact) mass is 814 g/mol. The summed E-state index contributed by atoms with van der Waals surface area (Å²) in [5.74, 6) is 0. The van der Waals surface area contributed by atoms with Crippen molar-refractivity contribution in [2.24, 2.45) is 0 Å². The van der Waals surface area contributed by atoms with Crippen LogP contribution in [0.1, 0.15) is 0 Å². The van der Waals surface area contributed by atoms with E-state index in [9.17, 15) is 0 Å². The quantitative estimate of drug-likeness (QED) is 0.139. The molecule has 64 heavy (non-hydrogen) atoms. The molecular weight excluding hydrogens is 773 g/mol. The first-order chi connectivity index (χ1) is 31.8. The van der Waals surface area contributed by atoms with E-state index in [0.29, 0.717) is 0 Å². The van der Waals surface area contributed by atoms with E-state index in [-0.39, 0.29) is 0 Å². The topological polar surface area (TPSA) is 8.17 Å². The molecule has 2 heteroatoms. The van der Waals surface area contributed by atoms with Gasteiger partial charge in [0.1, 0.15) is 0 Å². The summed E-state index contributed by atoms with van der Waals surface area (Å²) in [5.41, 5.74) is 16.3. The van der Waals surface area contributed by atoms with Crippen molar-refractivity contribution in [3.8, 4) is 50.2 Å². The van der Waals surface area contributed by atoms with Gasteiger partial charge in [-0.1, -0.05) is 212 Å². The minimum absolute atomic E-state index is 1.08. The zero-order chi connectivity index (χ0) is 42.4. The van der Waals surface area contributed by atoms with Crippen molar-refractivity contribution in [1.82, 2.24) is 4.57 Å². The predicted molar refractivity (Wildman–Crippen MR) is 272 cm³/mol. The van der Waals surface area contributed by atoms with Crippen LogP contribution in [-0.4, -0.2) is 4.57 Å². The van der Waals surface area contributed by atoms with Crippen molar-refractivity contribution in [2.45, 2.75) is 0 Å². The van der Waals surface area contributed by atoms with Gasteiger partial charge in [0.2, 0.25) is 0 Å².